The number of nitrogens with zero attached hydrogens (tertiary/aromatic N) is 2. The molecule has 20 heavy (non-hydrogen) atoms. The van der Waals surface area contributed by atoms with Crippen molar-refractivity contribution in [1.82, 2.24) is 9.55 Å². The highest BCUT2D eigenvalue weighted by molar-refractivity contribution is 8.76. The maximum absolute atomic E-state index is 11.9. The number of hydrogen-bond acceptors (Lipinski definition) is 8. The zero-order valence-electron chi connectivity index (χ0n) is 10.9. The third-order valence-corrected chi connectivity index (χ3v) is 5.80. The third kappa shape index (κ3) is 3.12. The lowest BCUT2D eigenvalue weighted by Gasteiger charge is -2.20. The van der Waals surface area contributed by atoms with Gasteiger partial charge in [0.1, 0.15) is 11.9 Å². The fourth-order valence-electron chi connectivity index (χ4n) is 1.96. The van der Waals surface area contributed by atoms with Crippen LogP contribution < -0.4 is 11.4 Å². The van der Waals surface area contributed by atoms with Crippen LogP contribution in [0, 0.1) is 0 Å². The second-order valence-electron chi connectivity index (χ2n) is 4.25. The van der Waals surface area contributed by atoms with Crippen LogP contribution in [0.25, 0.3) is 0 Å². The first-order chi connectivity index (χ1) is 9.58. The van der Waals surface area contributed by atoms with Crippen molar-refractivity contribution in [3.05, 3.63) is 22.7 Å². The maximum Gasteiger partial charge on any atom is 0.351 e. The molecule has 0 aromatic carbocycles. The van der Waals surface area contributed by atoms with Crippen LogP contribution in [0.1, 0.15) is 13.2 Å². The molecular weight excluding hydrogens is 302 g/mol. The summed E-state index contributed by atoms with van der Waals surface area (Å²) in [5.41, 5.74) is 4.92. The molecule has 4 atom stereocenters. The molecule has 1 aromatic heterocycles. The molecule has 2 unspecified atom stereocenters. The van der Waals surface area contributed by atoms with E-state index in [1.807, 2.05) is 6.92 Å². The van der Waals surface area contributed by atoms with Crippen molar-refractivity contribution in [3.63, 3.8) is 0 Å². The van der Waals surface area contributed by atoms with E-state index in [1.165, 1.54) is 27.6 Å². The lowest BCUT2D eigenvalue weighted by molar-refractivity contribution is -0.0456. The van der Waals surface area contributed by atoms with Crippen LogP contribution in [-0.4, -0.2) is 49.6 Å². The van der Waals surface area contributed by atoms with Gasteiger partial charge in [0.2, 0.25) is 0 Å². The minimum Gasteiger partial charge on any atom is -0.394 e. The van der Waals surface area contributed by atoms with Crippen LogP contribution in [0.4, 0.5) is 5.82 Å². The largest absolute Gasteiger partial charge is 0.394 e. The van der Waals surface area contributed by atoms with E-state index in [-0.39, 0.29) is 17.7 Å². The second kappa shape index (κ2) is 6.81. The zero-order valence-corrected chi connectivity index (χ0v) is 12.5. The zero-order chi connectivity index (χ0) is 14.7. The molecule has 1 aliphatic heterocycles. The first-order valence-corrected chi connectivity index (χ1v) is 8.54. The lowest BCUT2D eigenvalue weighted by Crippen LogP contribution is -2.34. The predicted octanol–water partition coefficient (Wildman–Crippen LogP) is -0.154. The number of nitrogen functional groups attached to an aromatic ring is 1. The van der Waals surface area contributed by atoms with Crippen molar-refractivity contribution < 1.29 is 14.9 Å². The summed E-state index contributed by atoms with van der Waals surface area (Å²) in [7, 11) is 3.00. The van der Waals surface area contributed by atoms with Crippen LogP contribution in [0.2, 0.25) is 0 Å². The number of nitrogens with two attached hydrogens (primary N) is 1. The van der Waals surface area contributed by atoms with Gasteiger partial charge in [-0.25, -0.2) is 4.79 Å². The lowest BCUT2D eigenvalue weighted by atomic mass is 10.2. The van der Waals surface area contributed by atoms with Gasteiger partial charge in [0.15, 0.2) is 6.23 Å². The molecule has 0 aliphatic carbocycles. The molecule has 1 aromatic rings. The minimum atomic E-state index is -0.849. The van der Waals surface area contributed by atoms with Gasteiger partial charge in [-0.1, -0.05) is 28.5 Å². The van der Waals surface area contributed by atoms with Gasteiger partial charge in [-0.15, -0.1) is 0 Å². The normalized spacial score (nSPS) is 29.8. The molecule has 112 valence electrons. The van der Waals surface area contributed by atoms with E-state index in [0.717, 1.165) is 5.75 Å². The van der Waals surface area contributed by atoms with E-state index in [9.17, 15) is 15.0 Å². The first kappa shape index (κ1) is 15.6. The molecule has 2 rings (SSSR count). The molecule has 0 spiro atoms. The highest BCUT2D eigenvalue weighted by Gasteiger charge is 2.45. The van der Waals surface area contributed by atoms with Gasteiger partial charge in [0, 0.05) is 11.9 Å². The summed E-state index contributed by atoms with van der Waals surface area (Å²) in [5.74, 6) is 0.995. The Hall–Kier alpha value is -0.740. The average Bonchev–Trinajstić information content (AvgIpc) is 2.73. The molecule has 0 amide bonds. The number of anilines is 1. The molecule has 2 heterocycles. The summed E-state index contributed by atoms with van der Waals surface area (Å²) in [6, 6.07) is 1.50. The number of aliphatic hydroxyl groups excluding tert-OH is 2. The molecular formula is C11H17N3O4S2. The summed E-state index contributed by atoms with van der Waals surface area (Å²) >= 11 is 0. The van der Waals surface area contributed by atoms with Gasteiger partial charge in [0.05, 0.1) is 18.0 Å². The highest BCUT2D eigenvalue weighted by atomic mass is 33.1. The van der Waals surface area contributed by atoms with Gasteiger partial charge < -0.3 is 20.7 Å². The molecule has 0 saturated carbocycles. The number of aliphatic hydroxyl groups is 2. The van der Waals surface area contributed by atoms with Gasteiger partial charge in [-0.2, -0.15) is 4.98 Å². The fraction of sp³-hybridized carbons (Fsp3) is 0.636. The minimum absolute atomic E-state index is 0.135. The second-order valence-corrected chi connectivity index (χ2v) is 7.08. The van der Waals surface area contributed by atoms with Crippen LogP contribution in [0.15, 0.2) is 17.1 Å². The Morgan fingerprint density at radius 3 is 2.95 bits per heavy atom. The van der Waals surface area contributed by atoms with Crippen molar-refractivity contribution >= 4 is 27.4 Å². The molecule has 9 heteroatoms. The van der Waals surface area contributed by atoms with E-state index in [1.54, 1.807) is 10.8 Å². The molecule has 1 saturated heterocycles. The van der Waals surface area contributed by atoms with Gasteiger partial charge in [-0.05, 0) is 6.07 Å². The predicted molar refractivity (Wildman–Crippen MR) is 79.4 cm³/mol. The molecule has 1 aliphatic rings. The standard InChI is InChI=1S/C11H17N3O4S2/c1-2-19-20-9-8(16)6(5-15)18-10(9)14-4-3-7(12)13-11(14)17/h3-4,6,8-10,15-16H,2,5H2,1H3,(H2,12,13,17)/t6-,8?,9?,10-/m1/s1. The highest BCUT2D eigenvalue weighted by Crippen LogP contribution is 2.42. The van der Waals surface area contributed by atoms with E-state index in [2.05, 4.69) is 4.98 Å². The SMILES string of the molecule is CCSSC1C(O)[C@@H](CO)O[C@H]1n1ccc(N)nc1=O. The fourth-order valence-corrected chi connectivity index (χ4v) is 4.34. The van der Waals surface area contributed by atoms with Crippen LogP contribution in [-0.2, 0) is 4.74 Å². The number of rotatable bonds is 5. The average molecular weight is 319 g/mol. The quantitative estimate of drug-likeness (QED) is 0.643. The molecule has 0 radical (unpaired) electrons. The Kier molecular flexibility index (Phi) is 5.33. The van der Waals surface area contributed by atoms with Gasteiger partial charge >= 0.3 is 5.69 Å². The summed E-state index contributed by atoms with van der Waals surface area (Å²) in [5, 5.41) is 19.0. The third-order valence-electron chi connectivity index (χ3n) is 2.92. The molecule has 1 fully saturated rings. The number of hydrogen-bond donors (Lipinski definition) is 3. The van der Waals surface area contributed by atoms with Crippen LogP contribution >= 0.6 is 21.6 Å². The smallest absolute Gasteiger partial charge is 0.351 e. The summed E-state index contributed by atoms with van der Waals surface area (Å²) < 4.78 is 6.88. The molecule has 4 N–H and O–H groups in total. The Morgan fingerprint density at radius 1 is 1.60 bits per heavy atom. The maximum atomic E-state index is 11.9. The van der Waals surface area contributed by atoms with Gasteiger partial charge in [0.25, 0.3) is 0 Å². The van der Waals surface area contributed by atoms with Crippen LogP contribution in [0.5, 0.6) is 0 Å². The van der Waals surface area contributed by atoms with Crippen molar-refractivity contribution in [2.24, 2.45) is 0 Å². The van der Waals surface area contributed by atoms with Crippen molar-refractivity contribution in [1.29, 1.82) is 0 Å². The van der Waals surface area contributed by atoms with Crippen molar-refractivity contribution in [2.75, 3.05) is 18.1 Å². The monoisotopic (exact) mass is 319 g/mol. The van der Waals surface area contributed by atoms with Gasteiger partial charge in [-0.3, -0.25) is 4.57 Å². The summed E-state index contributed by atoms with van der Waals surface area (Å²) in [6.07, 6.45) is -0.740. The number of ether oxygens (including phenoxy) is 1. The Bertz CT molecular complexity index is 513. The Labute approximate surface area is 123 Å². The van der Waals surface area contributed by atoms with E-state index in [0.29, 0.717) is 0 Å². The van der Waals surface area contributed by atoms with E-state index in [4.69, 9.17) is 10.5 Å². The Balaban J connectivity index is 2.29. The molecule has 0 bridgehead atoms. The van der Waals surface area contributed by atoms with Crippen LogP contribution in [0.3, 0.4) is 0 Å². The summed E-state index contributed by atoms with van der Waals surface area (Å²) in [6.45, 7) is 1.69. The number of aromatic nitrogens is 2. The molecule has 7 nitrogen and oxygen atoms in total. The Morgan fingerprint density at radius 2 is 2.35 bits per heavy atom. The summed E-state index contributed by atoms with van der Waals surface area (Å²) in [4.78, 5) is 15.5. The van der Waals surface area contributed by atoms with E-state index < -0.39 is 24.1 Å². The topological polar surface area (TPSA) is 111 Å². The van der Waals surface area contributed by atoms with Crippen molar-refractivity contribution in [3.8, 4) is 0 Å². The first-order valence-electron chi connectivity index (χ1n) is 6.15. The van der Waals surface area contributed by atoms with Crippen molar-refractivity contribution in [2.45, 2.75) is 30.6 Å². The van der Waals surface area contributed by atoms with E-state index >= 15 is 0 Å².